The lowest BCUT2D eigenvalue weighted by Crippen LogP contribution is -2.12. The van der Waals surface area contributed by atoms with Crippen LogP contribution in [-0.4, -0.2) is 20.6 Å². The van der Waals surface area contributed by atoms with Crippen LogP contribution in [-0.2, 0) is 9.84 Å². The van der Waals surface area contributed by atoms with Gasteiger partial charge in [0.25, 0.3) is 0 Å². The highest BCUT2D eigenvalue weighted by Gasteiger charge is 2.12. The molecule has 0 radical (unpaired) electrons. The summed E-state index contributed by atoms with van der Waals surface area (Å²) in [4.78, 5) is 10.8. The van der Waals surface area contributed by atoms with E-state index in [1.165, 1.54) is 18.2 Å². The van der Waals surface area contributed by atoms with Crippen molar-refractivity contribution in [1.82, 2.24) is 0 Å². The maximum atomic E-state index is 11.1. The second-order valence-corrected chi connectivity index (χ2v) is 5.20. The van der Waals surface area contributed by atoms with E-state index in [0.717, 1.165) is 6.26 Å². The summed E-state index contributed by atoms with van der Waals surface area (Å²) in [5.74, 6) is -0.685. The fourth-order valence-electron chi connectivity index (χ4n) is 0.926. The third-order valence-corrected chi connectivity index (χ3v) is 3.06. The first kappa shape index (κ1) is 11.0. The topological polar surface area (TPSA) is 77.2 Å². The van der Waals surface area contributed by atoms with Crippen molar-refractivity contribution in [2.24, 2.45) is 5.73 Å². The van der Waals surface area contributed by atoms with Gasteiger partial charge < -0.3 is 5.73 Å². The first-order valence-electron chi connectivity index (χ1n) is 3.62. The molecule has 0 heterocycles. The number of hydrogen-bond acceptors (Lipinski definition) is 3. The Morgan fingerprint density at radius 2 is 2.00 bits per heavy atom. The fraction of sp³-hybridized carbons (Fsp3) is 0.125. The maximum absolute atomic E-state index is 11.1. The zero-order valence-electron chi connectivity index (χ0n) is 7.32. The molecule has 0 bridgehead atoms. The van der Waals surface area contributed by atoms with Crippen LogP contribution in [0.5, 0.6) is 0 Å². The lowest BCUT2D eigenvalue weighted by molar-refractivity contribution is 0.100. The zero-order chi connectivity index (χ0) is 10.9. The average molecular weight is 234 g/mol. The van der Waals surface area contributed by atoms with Gasteiger partial charge >= 0.3 is 0 Å². The van der Waals surface area contributed by atoms with Gasteiger partial charge in [-0.2, -0.15) is 0 Å². The molecule has 0 aliphatic carbocycles. The summed E-state index contributed by atoms with van der Waals surface area (Å²) < 4.78 is 22.2. The van der Waals surface area contributed by atoms with Crippen molar-refractivity contribution in [3.8, 4) is 0 Å². The van der Waals surface area contributed by atoms with Crippen LogP contribution >= 0.6 is 11.6 Å². The molecule has 76 valence electrons. The van der Waals surface area contributed by atoms with E-state index in [9.17, 15) is 13.2 Å². The number of rotatable bonds is 2. The normalized spacial score (nSPS) is 11.3. The zero-order valence-corrected chi connectivity index (χ0v) is 8.89. The van der Waals surface area contributed by atoms with E-state index in [-0.39, 0.29) is 15.5 Å². The van der Waals surface area contributed by atoms with Crippen molar-refractivity contribution in [2.45, 2.75) is 4.90 Å². The molecule has 0 atom stereocenters. The van der Waals surface area contributed by atoms with Crippen molar-refractivity contribution >= 4 is 27.3 Å². The molecule has 0 saturated heterocycles. The largest absolute Gasteiger partial charge is 0.366 e. The van der Waals surface area contributed by atoms with Crippen molar-refractivity contribution in [3.05, 3.63) is 28.8 Å². The third kappa shape index (κ3) is 2.24. The second kappa shape index (κ2) is 3.59. The Hall–Kier alpha value is -1.07. The quantitative estimate of drug-likeness (QED) is 0.822. The molecule has 1 aromatic rings. The Kier molecular flexibility index (Phi) is 2.82. The highest BCUT2D eigenvalue weighted by atomic mass is 35.5. The van der Waals surface area contributed by atoms with E-state index < -0.39 is 15.7 Å². The molecule has 1 rings (SSSR count). The van der Waals surface area contributed by atoms with Crippen molar-refractivity contribution in [2.75, 3.05) is 6.26 Å². The molecule has 0 saturated carbocycles. The molecule has 6 heteroatoms. The van der Waals surface area contributed by atoms with E-state index in [2.05, 4.69) is 0 Å². The number of hydrogen-bond donors (Lipinski definition) is 1. The average Bonchev–Trinajstić information content (AvgIpc) is 2.01. The van der Waals surface area contributed by atoms with Gasteiger partial charge in [0.2, 0.25) is 5.91 Å². The Labute approximate surface area is 86.6 Å². The smallest absolute Gasteiger partial charge is 0.250 e. The standard InChI is InChI=1S/C8H8ClNO3S/c1-14(12,13)5-2-3-6(8(10)11)7(9)4-5/h2-4H,1H3,(H2,10,11). The Morgan fingerprint density at radius 1 is 1.43 bits per heavy atom. The minimum atomic E-state index is -3.30. The molecule has 1 amide bonds. The van der Waals surface area contributed by atoms with Gasteiger partial charge in [0.05, 0.1) is 15.5 Å². The van der Waals surface area contributed by atoms with Crippen LogP contribution in [0.15, 0.2) is 23.1 Å². The monoisotopic (exact) mass is 233 g/mol. The number of benzene rings is 1. The van der Waals surface area contributed by atoms with E-state index in [1.54, 1.807) is 0 Å². The van der Waals surface area contributed by atoms with E-state index in [0.29, 0.717) is 0 Å². The molecule has 0 aliphatic rings. The Morgan fingerprint density at radius 3 is 2.36 bits per heavy atom. The first-order valence-corrected chi connectivity index (χ1v) is 5.88. The molecule has 1 aromatic carbocycles. The van der Waals surface area contributed by atoms with E-state index >= 15 is 0 Å². The molecule has 14 heavy (non-hydrogen) atoms. The van der Waals surface area contributed by atoms with Crippen LogP contribution in [0.1, 0.15) is 10.4 Å². The van der Waals surface area contributed by atoms with Crippen LogP contribution in [0.3, 0.4) is 0 Å². The van der Waals surface area contributed by atoms with Crippen molar-refractivity contribution in [1.29, 1.82) is 0 Å². The van der Waals surface area contributed by atoms with Gasteiger partial charge in [0.15, 0.2) is 9.84 Å². The summed E-state index contributed by atoms with van der Waals surface area (Å²) in [5, 5.41) is 0.0421. The van der Waals surface area contributed by atoms with Gasteiger partial charge in [0, 0.05) is 6.26 Å². The fourth-order valence-corrected chi connectivity index (χ4v) is 1.91. The molecule has 0 spiro atoms. The van der Waals surface area contributed by atoms with Crippen molar-refractivity contribution < 1.29 is 13.2 Å². The lowest BCUT2D eigenvalue weighted by atomic mass is 10.2. The van der Waals surface area contributed by atoms with Gasteiger partial charge in [-0.25, -0.2) is 8.42 Å². The van der Waals surface area contributed by atoms with Crippen LogP contribution in [0.4, 0.5) is 0 Å². The summed E-state index contributed by atoms with van der Waals surface area (Å²) >= 11 is 5.67. The van der Waals surface area contributed by atoms with Gasteiger partial charge in [-0.05, 0) is 18.2 Å². The molecule has 4 nitrogen and oxygen atoms in total. The summed E-state index contributed by atoms with van der Waals surface area (Å²) in [7, 11) is -3.30. The number of carbonyl (C=O) groups is 1. The van der Waals surface area contributed by atoms with Crippen molar-refractivity contribution in [3.63, 3.8) is 0 Å². The van der Waals surface area contributed by atoms with Crippen LogP contribution in [0.2, 0.25) is 5.02 Å². The molecule has 0 unspecified atom stereocenters. The molecule has 0 aromatic heterocycles. The molecular formula is C8H8ClNO3S. The number of nitrogens with two attached hydrogens (primary N) is 1. The molecule has 0 aliphatic heterocycles. The Bertz CT molecular complexity index is 481. The summed E-state index contributed by atoms with van der Waals surface area (Å²) in [6.45, 7) is 0. The van der Waals surface area contributed by atoms with E-state index in [1.807, 2.05) is 0 Å². The maximum Gasteiger partial charge on any atom is 0.250 e. The van der Waals surface area contributed by atoms with E-state index in [4.69, 9.17) is 17.3 Å². The van der Waals surface area contributed by atoms with Crippen LogP contribution in [0.25, 0.3) is 0 Å². The number of carbonyl (C=O) groups excluding carboxylic acids is 1. The van der Waals surface area contributed by atoms with Gasteiger partial charge in [0.1, 0.15) is 0 Å². The lowest BCUT2D eigenvalue weighted by Gasteiger charge is -2.02. The predicted octanol–water partition coefficient (Wildman–Crippen LogP) is 0.842. The Balaban J connectivity index is 3.34. The van der Waals surface area contributed by atoms with Gasteiger partial charge in [-0.15, -0.1) is 0 Å². The summed E-state index contributed by atoms with van der Waals surface area (Å²) in [6.07, 6.45) is 1.06. The van der Waals surface area contributed by atoms with Gasteiger partial charge in [-0.3, -0.25) is 4.79 Å². The predicted molar refractivity (Wildman–Crippen MR) is 53.1 cm³/mol. The first-order chi connectivity index (χ1) is 6.32. The molecular weight excluding hydrogens is 226 g/mol. The highest BCUT2D eigenvalue weighted by molar-refractivity contribution is 7.90. The molecule has 0 fully saturated rings. The van der Waals surface area contributed by atoms with Crippen LogP contribution < -0.4 is 5.73 Å². The second-order valence-electron chi connectivity index (χ2n) is 2.78. The number of sulfone groups is 1. The molecule has 2 N–H and O–H groups in total. The summed E-state index contributed by atoms with van der Waals surface area (Å²) in [6, 6.07) is 3.79. The SMILES string of the molecule is CS(=O)(=O)c1ccc(C(N)=O)c(Cl)c1. The van der Waals surface area contributed by atoms with Gasteiger partial charge in [-0.1, -0.05) is 11.6 Å². The third-order valence-electron chi connectivity index (χ3n) is 1.63. The minimum Gasteiger partial charge on any atom is -0.366 e. The van der Waals surface area contributed by atoms with Crippen LogP contribution in [0, 0.1) is 0 Å². The number of primary amides is 1. The minimum absolute atomic E-state index is 0.0421. The number of halogens is 1. The number of amides is 1. The summed E-state index contributed by atoms with van der Waals surface area (Å²) in [5.41, 5.74) is 5.11. The highest BCUT2D eigenvalue weighted by Crippen LogP contribution is 2.20.